The topological polar surface area (TPSA) is 93.7 Å². The molecule has 7 nitrogen and oxygen atoms in total. The first-order valence-electron chi connectivity index (χ1n) is 7.65. The normalized spacial score (nSPS) is 9.80. The van der Waals surface area contributed by atoms with E-state index >= 15 is 0 Å². The van der Waals surface area contributed by atoms with E-state index in [9.17, 15) is 14.4 Å². The Morgan fingerprint density at radius 2 is 1.52 bits per heavy atom. The molecule has 2 amide bonds. The second-order valence-corrected chi connectivity index (χ2v) is 4.86. The van der Waals surface area contributed by atoms with Crippen molar-refractivity contribution in [2.75, 3.05) is 23.8 Å². The first-order chi connectivity index (χ1) is 12.1. The van der Waals surface area contributed by atoms with Gasteiger partial charge in [0.1, 0.15) is 5.75 Å². The van der Waals surface area contributed by atoms with E-state index in [1.54, 1.807) is 61.5 Å². The van der Waals surface area contributed by atoms with E-state index < -0.39 is 17.8 Å². The Morgan fingerprint density at radius 3 is 2.24 bits per heavy atom. The second-order valence-electron chi connectivity index (χ2n) is 4.86. The molecule has 0 aromatic heterocycles. The van der Waals surface area contributed by atoms with Crippen LogP contribution in [0.15, 0.2) is 54.6 Å². The first-order valence-corrected chi connectivity index (χ1v) is 7.65. The monoisotopic (exact) mass is 342 g/mol. The van der Waals surface area contributed by atoms with Gasteiger partial charge in [-0.05, 0) is 31.2 Å². The Balaban J connectivity index is 1.98. The number of anilines is 2. The number of amides is 2. The third-order valence-corrected chi connectivity index (χ3v) is 3.02. The lowest BCUT2D eigenvalue weighted by Crippen LogP contribution is -2.29. The Kier molecular flexibility index (Phi) is 6.53. The van der Waals surface area contributed by atoms with Crippen molar-refractivity contribution >= 4 is 29.2 Å². The molecule has 0 aliphatic carbocycles. The second kappa shape index (κ2) is 9.07. The van der Waals surface area contributed by atoms with Crippen molar-refractivity contribution in [3.05, 3.63) is 54.6 Å². The standard InChI is InChI=1S/C18H18N2O5/c1-2-24-16(21)12-25-15-11-7-6-10-14(15)20-18(23)17(22)19-13-8-4-3-5-9-13/h3-11H,2,12H2,1H3,(H,19,22)(H,20,23). The molecule has 130 valence electrons. The van der Waals surface area contributed by atoms with Crippen LogP contribution in [0.3, 0.4) is 0 Å². The van der Waals surface area contributed by atoms with Gasteiger partial charge in [0.15, 0.2) is 6.61 Å². The van der Waals surface area contributed by atoms with E-state index in [1.807, 2.05) is 0 Å². The van der Waals surface area contributed by atoms with E-state index in [0.717, 1.165) is 0 Å². The van der Waals surface area contributed by atoms with Gasteiger partial charge in [0.2, 0.25) is 0 Å². The van der Waals surface area contributed by atoms with Crippen LogP contribution in [-0.4, -0.2) is 31.0 Å². The van der Waals surface area contributed by atoms with Crippen LogP contribution in [0.25, 0.3) is 0 Å². The predicted molar refractivity (Wildman–Crippen MR) is 92.3 cm³/mol. The molecule has 0 unspecified atom stereocenters. The maximum atomic E-state index is 12.0. The van der Waals surface area contributed by atoms with Gasteiger partial charge in [-0.25, -0.2) is 4.79 Å². The van der Waals surface area contributed by atoms with E-state index in [4.69, 9.17) is 9.47 Å². The number of carbonyl (C=O) groups is 3. The SMILES string of the molecule is CCOC(=O)COc1ccccc1NC(=O)C(=O)Nc1ccccc1. The summed E-state index contributed by atoms with van der Waals surface area (Å²) in [6, 6.07) is 15.1. The van der Waals surface area contributed by atoms with E-state index in [-0.39, 0.29) is 24.7 Å². The zero-order valence-corrected chi connectivity index (χ0v) is 13.7. The summed E-state index contributed by atoms with van der Waals surface area (Å²) >= 11 is 0. The summed E-state index contributed by atoms with van der Waals surface area (Å²) < 4.78 is 10.1. The molecule has 0 spiro atoms. The number of benzene rings is 2. The highest BCUT2D eigenvalue weighted by molar-refractivity contribution is 6.43. The van der Waals surface area contributed by atoms with Gasteiger partial charge in [-0.2, -0.15) is 0 Å². The highest BCUT2D eigenvalue weighted by Gasteiger charge is 2.16. The molecule has 0 aliphatic rings. The molecule has 25 heavy (non-hydrogen) atoms. The third-order valence-electron chi connectivity index (χ3n) is 3.02. The van der Waals surface area contributed by atoms with Gasteiger partial charge in [0.05, 0.1) is 12.3 Å². The zero-order chi connectivity index (χ0) is 18.1. The summed E-state index contributed by atoms with van der Waals surface area (Å²) in [6.07, 6.45) is 0. The summed E-state index contributed by atoms with van der Waals surface area (Å²) in [5.74, 6) is -1.93. The number of hydrogen-bond acceptors (Lipinski definition) is 5. The average Bonchev–Trinajstić information content (AvgIpc) is 2.62. The van der Waals surface area contributed by atoms with Crippen molar-refractivity contribution in [3.8, 4) is 5.75 Å². The van der Waals surface area contributed by atoms with Gasteiger partial charge >= 0.3 is 17.8 Å². The molecule has 0 saturated carbocycles. The van der Waals surface area contributed by atoms with Gasteiger partial charge in [0, 0.05) is 5.69 Å². The van der Waals surface area contributed by atoms with Gasteiger partial charge in [-0.1, -0.05) is 30.3 Å². The predicted octanol–water partition coefficient (Wildman–Crippen LogP) is 2.21. The number of ether oxygens (including phenoxy) is 2. The molecule has 0 aliphatic heterocycles. The van der Waals surface area contributed by atoms with Crippen LogP contribution >= 0.6 is 0 Å². The van der Waals surface area contributed by atoms with E-state index in [1.165, 1.54) is 0 Å². The molecule has 2 N–H and O–H groups in total. The maximum absolute atomic E-state index is 12.0. The molecule has 0 radical (unpaired) electrons. The maximum Gasteiger partial charge on any atom is 0.344 e. The molecule has 0 fully saturated rings. The summed E-state index contributed by atoms with van der Waals surface area (Å²) in [5, 5.41) is 4.94. The van der Waals surface area contributed by atoms with Crippen molar-refractivity contribution in [3.63, 3.8) is 0 Å². The molecule has 2 rings (SSSR count). The van der Waals surface area contributed by atoms with E-state index in [0.29, 0.717) is 5.69 Å². The minimum absolute atomic E-state index is 0.250. The number of nitrogens with one attached hydrogen (secondary N) is 2. The summed E-state index contributed by atoms with van der Waals surface area (Å²) in [6.45, 7) is 1.65. The summed E-state index contributed by atoms with van der Waals surface area (Å²) in [4.78, 5) is 35.3. The molecule has 2 aromatic carbocycles. The highest BCUT2D eigenvalue weighted by atomic mass is 16.6. The van der Waals surface area contributed by atoms with Crippen molar-refractivity contribution < 1.29 is 23.9 Å². The van der Waals surface area contributed by atoms with E-state index in [2.05, 4.69) is 10.6 Å². The fraction of sp³-hybridized carbons (Fsp3) is 0.167. The molecule has 0 atom stereocenters. The number of rotatable bonds is 6. The summed E-state index contributed by atoms with van der Waals surface area (Å²) in [5.41, 5.74) is 0.787. The molecule has 2 aromatic rings. The average molecular weight is 342 g/mol. The largest absolute Gasteiger partial charge is 0.480 e. The van der Waals surface area contributed by atoms with Gasteiger partial charge < -0.3 is 20.1 Å². The first kappa shape index (κ1) is 18.0. The number of para-hydroxylation sites is 3. The lowest BCUT2D eigenvalue weighted by Gasteiger charge is -2.12. The molecular weight excluding hydrogens is 324 g/mol. The fourth-order valence-electron chi connectivity index (χ4n) is 1.92. The van der Waals surface area contributed by atoms with Crippen LogP contribution in [0.5, 0.6) is 5.75 Å². The molecule has 7 heteroatoms. The van der Waals surface area contributed by atoms with Crippen molar-refractivity contribution in [1.82, 2.24) is 0 Å². The van der Waals surface area contributed by atoms with Crippen LogP contribution in [0.1, 0.15) is 6.92 Å². The Labute approximate surface area is 144 Å². The van der Waals surface area contributed by atoms with Crippen LogP contribution < -0.4 is 15.4 Å². The van der Waals surface area contributed by atoms with Crippen LogP contribution in [0, 0.1) is 0 Å². The smallest absolute Gasteiger partial charge is 0.344 e. The van der Waals surface area contributed by atoms with Gasteiger partial charge in [-0.15, -0.1) is 0 Å². The van der Waals surface area contributed by atoms with Crippen molar-refractivity contribution in [2.45, 2.75) is 6.92 Å². The number of hydrogen-bond donors (Lipinski definition) is 2. The quantitative estimate of drug-likeness (QED) is 0.620. The minimum Gasteiger partial charge on any atom is -0.480 e. The van der Waals surface area contributed by atoms with Crippen molar-refractivity contribution in [1.29, 1.82) is 0 Å². The molecule has 0 heterocycles. The van der Waals surface area contributed by atoms with Crippen LogP contribution in [-0.2, 0) is 19.1 Å². The van der Waals surface area contributed by atoms with Gasteiger partial charge in [-0.3, -0.25) is 9.59 Å². The molecule has 0 bridgehead atoms. The lowest BCUT2D eigenvalue weighted by atomic mass is 10.3. The number of carbonyl (C=O) groups excluding carboxylic acids is 3. The Bertz CT molecular complexity index is 746. The summed E-state index contributed by atoms with van der Waals surface area (Å²) in [7, 11) is 0. The van der Waals surface area contributed by atoms with Crippen LogP contribution in [0.4, 0.5) is 11.4 Å². The van der Waals surface area contributed by atoms with Crippen molar-refractivity contribution in [2.24, 2.45) is 0 Å². The third kappa shape index (κ3) is 5.65. The Morgan fingerprint density at radius 1 is 0.880 bits per heavy atom. The number of esters is 1. The lowest BCUT2D eigenvalue weighted by molar-refractivity contribution is -0.145. The minimum atomic E-state index is -0.851. The van der Waals surface area contributed by atoms with Gasteiger partial charge in [0.25, 0.3) is 0 Å². The highest BCUT2D eigenvalue weighted by Crippen LogP contribution is 2.23. The van der Waals surface area contributed by atoms with Crippen LogP contribution in [0.2, 0.25) is 0 Å². The fourth-order valence-corrected chi connectivity index (χ4v) is 1.92. The Hall–Kier alpha value is -3.35. The zero-order valence-electron chi connectivity index (χ0n) is 13.7. The molecule has 0 saturated heterocycles. The molecular formula is C18H18N2O5.